The minimum atomic E-state index is -0.379. The fourth-order valence-electron chi connectivity index (χ4n) is 2.17. The number of carbonyl (C=O) groups excluding carboxylic acids is 2. The van der Waals surface area contributed by atoms with E-state index in [4.69, 9.17) is 4.42 Å². The van der Waals surface area contributed by atoms with Gasteiger partial charge in [-0.25, -0.2) is 9.67 Å². The highest BCUT2D eigenvalue weighted by atomic mass is 16.3. The van der Waals surface area contributed by atoms with Crippen molar-refractivity contribution in [1.29, 1.82) is 0 Å². The first-order valence-electron chi connectivity index (χ1n) is 7.87. The number of nitrogens with zero attached hydrogens (tertiary/aromatic N) is 3. The van der Waals surface area contributed by atoms with Gasteiger partial charge in [-0.05, 0) is 49.4 Å². The SMILES string of the molecule is Cc1ccc(/C=C/C(=O)NCC(=O)Nc2ccc(-n3cncn3)cc2)o1. The summed E-state index contributed by atoms with van der Waals surface area (Å²) in [5.74, 6) is 0.638. The molecule has 0 atom stereocenters. The molecule has 2 aromatic heterocycles. The summed E-state index contributed by atoms with van der Waals surface area (Å²) in [4.78, 5) is 27.5. The van der Waals surface area contributed by atoms with E-state index in [1.54, 1.807) is 53.5 Å². The van der Waals surface area contributed by atoms with Crippen LogP contribution >= 0.6 is 0 Å². The molecule has 0 saturated heterocycles. The molecule has 3 rings (SSSR count). The van der Waals surface area contributed by atoms with Gasteiger partial charge in [-0.1, -0.05) is 0 Å². The van der Waals surface area contributed by atoms with Crippen LogP contribution in [0.2, 0.25) is 0 Å². The van der Waals surface area contributed by atoms with E-state index in [0.29, 0.717) is 11.4 Å². The van der Waals surface area contributed by atoms with Crippen LogP contribution in [0.5, 0.6) is 0 Å². The molecule has 1 aromatic carbocycles. The lowest BCUT2D eigenvalue weighted by Crippen LogP contribution is -2.31. The second-order valence-corrected chi connectivity index (χ2v) is 5.43. The van der Waals surface area contributed by atoms with Crippen molar-refractivity contribution in [3.05, 3.63) is 66.6 Å². The number of furan rings is 1. The Bertz CT molecular complexity index is 911. The quantitative estimate of drug-likeness (QED) is 0.661. The average Bonchev–Trinajstić information content (AvgIpc) is 3.31. The van der Waals surface area contributed by atoms with E-state index in [2.05, 4.69) is 20.7 Å². The molecule has 3 aromatic rings. The van der Waals surface area contributed by atoms with E-state index in [-0.39, 0.29) is 18.4 Å². The zero-order chi connectivity index (χ0) is 18.4. The Labute approximate surface area is 149 Å². The summed E-state index contributed by atoms with van der Waals surface area (Å²) in [7, 11) is 0. The summed E-state index contributed by atoms with van der Waals surface area (Å²) in [6.07, 6.45) is 5.89. The summed E-state index contributed by atoms with van der Waals surface area (Å²) in [6.45, 7) is 1.69. The van der Waals surface area contributed by atoms with Gasteiger partial charge in [0.2, 0.25) is 11.8 Å². The standard InChI is InChI=1S/C18H17N5O3/c1-13-2-7-16(26-13)8-9-17(24)20-10-18(25)22-14-3-5-15(6-4-14)23-12-19-11-21-23/h2-9,11-12H,10H2,1H3,(H,20,24)(H,22,25)/b9-8+. The summed E-state index contributed by atoms with van der Waals surface area (Å²) in [5.41, 5.74) is 1.45. The summed E-state index contributed by atoms with van der Waals surface area (Å²) in [5, 5.41) is 9.24. The monoisotopic (exact) mass is 351 g/mol. The molecule has 2 amide bonds. The largest absolute Gasteiger partial charge is 0.462 e. The lowest BCUT2D eigenvalue weighted by atomic mass is 10.3. The molecular weight excluding hydrogens is 334 g/mol. The highest BCUT2D eigenvalue weighted by Gasteiger charge is 2.05. The molecule has 0 fully saturated rings. The highest BCUT2D eigenvalue weighted by Crippen LogP contribution is 2.12. The number of anilines is 1. The molecule has 0 unspecified atom stereocenters. The lowest BCUT2D eigenvalue weighted by molar-refractivity contribution is -0.121. The van der Waals surface area contributed by atoms with E-state index in [1.807, 2.05) is 6.92 Å². The Kier molecular flexibility index (Phi) is 5.23. The zero-order valence-electron chi connectivity index (χ0n) is 14.0. The van der Waals surface area contributed by atoms with E-state index in [1.165, 1.54) is 12.4 Å². The van der Waals surface area contributed by atoms with Gasteiger partial charge in [0, 0.05) is 11.8 Å². The number of carbonyl (C=O) groups is 2. The number of aryl methyl sites for hydroxylation is 1. The van der Waals surface area contributed by atoms with Crippen molar-refractivity contribution in [2.24, 2.45) is 0 Å². The topological polar surface area (TPSA) is 102 Å². The predicted octanol–water partition coefficient (Wildman–Crippen LogP) is 1.94. The summed E-state index contributed by atoms with van der Waals surface area (Å²) in [6, 6.07) is 10.7. The molecule has 132 valence electrons. The van der Waals surface area contributed by atoms with Crippen molar-refractivity contribution >= 4 is 23.6 Å². The van der Waals surface area contributed by atoms with Crippen LogP contribution in [-0.2, 0) is 9.59 Å². The van der Waals surface area contributed by atoms with Gasteiger partial charge in [0.25, 0.3) is 0 Å². The Balaban J connectivity index is 1.46. The van der Waals surface area contributed by atoms with Crippen molar-refractivity contribution in [3.8, 4) is 5.69 Å². The van der Waals surface area contributed by atoms with Crippen molar-refractivity contribution in [1.82, 2.24) is 20.1 Å². The number of hydrogen-bond donors (Lipinski definition) is 2. The Morgan fingerprint density at radius 3 is 2.65 bits per heavy atom. The van der Waals surface area contributed by atoms with E-state index in [9.17, 15) is 9.59 Å². The summed E-state index contributed by atoms with van der Waals surface area (Å²) >= 11 is 0. The zero-order valence-corrected chi connectivity index (χ0v) is 14.0. The first kappa shape index (κ1) is 17.2. The molecule has 0 aliphatic carbocycles. The molecule has 2 heterocycles. The van der Waals surface area contributed by atoms with Crippen LogP contribution < -0.4 is 10.6 Å². The number of rotatable bonds is 6. The average molecular weight is 351 g/mol. The minimum absolute atomic E-state index is 0.134. The maximum atomic E-state index is 11.9. The van der Waals surface area contributed by atoms with E-state index in [0.717, 1.165) is 11.4 Å². The molecule has 0 radical (unpaired) electrons. The van der Waals surface area contributed by atoms with Gasteiger partial charge in [-0.2, -0.15) is 5.10 Å². The van der Waals surface area contributed by atoms with Crippen LogP contribution in [0, 0.1) is 6.92 Å². The predicted molar refractivity (Wildman–Crippen MR) is 95.5 cm³/mol. The first-order valence-corrected chi connectivity index (χ1v) is 7.87. The molecule has 0 saturated carbocycles. The first-order chi connectivity index (χ1) is 12.6. The third kappa shape index (κ3) is 4.67. The van der Waals surface area contributed by atoms with Crippen LogP contribution in [-0.4, -0.2) is 33.1 Å². The van der Waals surface area contributed by atoms with Crippen LogP contribution in [0.15, 0.2) is 59.5 Å². The number of amides is 2. The number of hydrogen-bond acceptors (Lipinski definition) is 5. The fraction of sp³-hybridized carbons (Fsp3) is 0.111. The fourth-order valence-corrected chi connectivity index (χ4v) is 2.17. The normalized spacial score (nSPS) is 10.8. The number of aromatic nitrogens is 3. The van der Waals surface area contributed by atoms with Gasteiger partial charge in [0.15, 0.2) is 0 Å². The van der Waals surface area contributed by atoms with Crippen LogP contribution in [0.3, 0.4) is 0 Å². The van der Waals surface area contributed by atoms with Crippen molar-refractivity contribution in [2.45, 2.75) is 6.92 Å². The maximum absolute atomic E-state index is 11.9. The molecule has 8 heteroatoms. The molecule has 0 spiro atoms. The van der Waals surface area contributed by atoms with Gasteiger partial charge < -0.3 is 15.1 Å². The second-order valence-electron chi connectivity index (χ2n) is 5.43. The smallest absolute Gasteiger partial charge is 0.244 e. The molecule has 26 heavy (non-hydrogen) atoms. The van der Waals surface area contributed by atoms with Crippen LogP contribution in [0.1, 0.15) is 11.5 Å². The van der Waals surface area contributed by atoms with Crippen molar-refractivity contribution in [2.75, 3.05) is 11.9 Å². The van der Waals surface area contributed by atoms with Gasteiger partial charge in [0.05, 0.1) is 12.2 Å². The van der Waals surface area contributed by atoms with Crippen LogP contribution in [0.4, 0.5) is 5.69 Å². The lowest BCUT2D eigenvalue weighted by Gasteiger charge is -2.07. The summed E-state index contributed by atoms with van der Waals surface area (Å²) < 4.78 is 6.93. The molecule has 0 aliphatic heterocycles. The van der Waals surface area contributed by atoms with Gasteiger partial charge >= 0.3 is 0 Å². The molecule has 0 bridgehead atoms. The van der Waals surface area contributed by atoms with Gasteiger partial charge in [-0.3, -0.25) is 9.59 Å². The van der Waals surface area contributed by atoms with Crippen LogP contribution in [0.25, 0.3) is 11.8 Å². The molecule has 0 aliphatic rings. The Hall–Kier alpha value is -3.68. The molecular formula is C18H17N5O3. The van der Waals surface area contributed by atoms with Gasteiger partial charge in [-0.15, -0.1) is 0 Å². The number of benzene rings is 1. The van der Waals surface area contributed by atoms with Gasteiger partial charge in [0.1, 0.15) is 24.2 Å². The molecule has 8 nitrogen and oxygen atoms in total. The Morgan fingerprint density at radius 1 is 1.19 bits per heavy atom. The van der Waals surface area contributed by atoms with E-state index >= 15 is 0 Å². The van der Waals surface area contributed by atoms with Crippen molar-refractivity contribution < 1.29 is 14.0 Å². The number of nitrogens with one attached hydrogen (secondary N) is 2. The second kappa shape index (κ2) is 7.93. The molecule has 2 N–H and O–H groups in total. The Morgan fingerprint density at radius 2 is 2.00 bits per heavy atom. The van der Waals surface area contributed by atoms with Crippen molar-refractivity contribution in [3.63, 3.8) is 0 Å². The third-order valence-corrected chi connectivity index (χ3v) is 3.42. The minimum Gasteiger partial charge on any atom is -0.462 e. The highest BCUT2D eigenvalue weighted by molar-refractivity contribution is 5.97. The van der Waals surface area contributed by atoms with E-state index < -0.39 is 0 Å². The maximum Gasteiger partial charge on any atom is 0.244 e. The third-order valence-electron chi connectivity index (χ3n) is 3.42.